The van der Waals surface area contributed by atoms with Gasteiger partial charge in [-0.05, 0) is 32.4 Å². The molecule has 0 bridgehead atoms. The van der Waals surface area contributed by atoms with Crippen LogP contribution in [0.2, 0.25) is 0 Å². The molecule has 0 N–H and O–H groups in total. The van der Waals surface area contributed by atoms with Crippen molar-refractivity contribution in [3.05, 3.63) is 29.8 Å². The highest BCUT2D eigenvalue weighted by Gasteiger charge is 2.16. The Kier molecular flexibility index (Phi) is 4.35. The van der Waals surface area contributed by atoms with E-state index in [4.69, 9.17) is 4.74 Å². The van der Waals surface area contributed by atoms with Crippen molar-refractivity contribution in [3.8, 4) is 0 Å². The minimum atomic E-state index is -0.250. The Morgan fingerprint density at radius 2 is 2.06 bits per heavy atom. The molecular weight excluding hydrogens is 202 g/mol. The molecule has 0 aliphatic rings. The molecule has 0 aliphatic heterocycles. The van der Waals surface area contributed by atoms with E-state index >= 15 is 0 Å². The molecule has 1 unspecified atom stereocenters. The monoisotopic (exact) mass is 221 g/mol. The smallest absolute Gasteiger partial charge is 0.304 e. The number of esters is 1. The van der Waals surface area contributed by atoms with Crippen molar-refractivity contribution in [2.24, 2.45) is 0 Å². The summed E-state index contributed by atoms with van der Waals surface area (Å²) in [7, 11) is 0. The van der Waals surface area contributed by atoms with Crippen molar-refractivity contribution in [2.75, 3.05) is 11.4 Å². The maximum absolute atomic E-state index is 10.9. The lowest BCUT2D eigenvalue weighted by molar-refractivity contribution is -0.145. The highest BCUT2D eigenvalue weighted by atomic mass is 16.6. The summed E-state index contributed by atoms with van der Waals surface area (Å²) in [6.07, 6.45) is -0.233. The number of aryl methyl sites for hydroxylation is 1. The van der Waals surface area contributed by atoms with Crippen LogP contribution in [0.25, 0.3) is 0 Å². The van der Waals surface area contributed by atoms with E-state index < -0.39 is 0 Å². The van der Waals surface area contributed by atoms with Gasteiger partial charge >= 0.3 is 5.97 Å². The summed E-state index contributed by atoms with van der Waals surface area (Å²) in [5.41, 5.74) is 2.29. The molecule has 1 rings (SSSR count). The molecule has 0 saturated carbocycles. The first-order valence-corrected chi connectivity index (χ1v) is 5.55. The van der Waals surface area contributed by atoms with Crippen LogP contribution in [-0.2, 0) is 9.53 Å². The first-order chi connectivity index (χ1) is 7.56. The molecule has 1 aromatic carbocycles. The van der Waals surface area contributed by atoms with Gasteiger partial charge in [0.25, 0.3) is 0 Å². The Balaban J connectivity index is 2.90. The van der Waals surface area contributed by atoms with E-state index in [1.54, 1.807) is 0 Å². The van der Waals surface area contributed by atoms with Crippen LogP contribution in [0.3, 0.4) is 0 Å². The molecule has 0 spiro atoms. The second-order valence-electron chi connectivity index (χ2n) is 3.78. The van der Waals surface area contributed by atoms with E-state index in [0.29, 0.717) is 0 Å². The molecule has 1 aromatic rings. The minimum absolute atomic E-state index is 0.233. The molecule has 3 nitrogen and oxygen atoms in total. The summed E-state index contributed by atoms with van der Waals surface area (Å²) in [4.78, 5) is 13.0. The lowest BCUT2D eigenvalue weighted by Crippen LogP contribution is -2.36. The number of carbonyl (C=O) groups excluding carboxylic acids is 1. The van der Waals surface area contributed by atoms with Crippen molar-refractivity contribution in [1.82, 2.24) is 0 Å². The Labute approximate surface area is 97.0 Å². The van der Waals surface area contributed by atoms with Gasteiger partial charge in [0, 0.05) is 19.2 Å². The van der Waals surface area contributed by atoms with Crippen LogP contribution in [-0.4, -0.2) is 18.7 Å². The zero-order valence-electron chi connectivity index (χ0n) is 10.4. The molecule has 0 aromatic heterocycles. The predicted molar refractivity (Wildman–Crippen MR) is 65.4 cm³/mol. The van der Waals surface area contributed by atoms with Gasteiger partial charge < -0.3 is 9.64 Å². The molecule has 0 radical (unpaired) electrons. The van der Waals surface area contributed by atoms with Crippen LogP contribution >= 0.6 is 0 Å². The zero-order chi connectivity index (χ0) is 12.1. The lowest BCUT2D eigenvalue weighted by Gasteiger charge is -2.30. The molecular formula is C13H19NO2. The number of anilines is 1. The normalized spacial score (nSPS) is 12.0. The van der Waals surface area contributed by atoms with Crippen molar-refractivity contribution < 1.29 is 9.53 Å². The SMILES string of the molecule is CCN(c1ccccc1C)C(C)OC(C)=O. The van der Waals surface area contributed by atoms with Gasteiger partial charge in [0.15, 0.2) is 6.23 Å². The molecule has 3 heteroatoms. The maximum atomic E-state index is 10.9. The number of benzene rings is 1. The Hall–Kier alpha value is -1.51. The first-order valence-electron chi connectivity index (χ1n) is 5.55. The van der Waals surface area contributed by atoms with E-state index in [1.807, 2.05) is 32.0 Å². The zero-order valence-corrected chi connectivity index (χ0v) is 10.4. The fourth-order valence-corrected chi connectivity index (χ4v) is 1.81. The standard InChI is InChI=1S/C13H19NO2/c1-5-14(11(3)16-12(4)15)13-9-7-6-8-10(13)2/h6-9,11H,5H2,1-4H3. The number of hydrogen-bond donors (Lipinski definition) is 0. The lowest BCUT2D eigenvalue weighted by atomic mass is 10.2. The van der Waals surface area contributed by atoms with E-state index in [9.17, 15) is 4.79 Å². The molecule has 1 atom stereocenters. The summed E-state index contributed by atoms with van der Waals surface area (Å²) in [6.45, 7) is 8.23. The van der Waals surface area contributed by atoms with E-state index in [0.717, 1.165) is 12.2 Å². The number of hydrogen-bond acceptors (Lipinski definition) is 3. The fourth-order valence-electron chi connectivity index (χ4n) is 1.81. The fraction of sp³-hybridized carbons (Fsp3) is 0.462. The quantitative estimate of drug-likeness (QED) is 0.578. The summed E-state index contributed by atoms with van der Waals surface area (Å²) >= 11 is 0. The van der Waals surface area contributed by atoms with Crippen LogP contribution in [0.5, 0.6) is 0 Å². The molecule has 0 fully saturated rings. The summed E-state index contributed by atoms with van der Waals surface area (Å²) < 4.78 is 5.20. The number of nitrogens with zero attached hydrogens (tertiary/aromatic N) is 1. The molecule has 88 valence electrons. The molecule has 0 saturated heterocycles. The molecule has 0 aliphatic carbocycles. The van der Waals surface area contributed by atoms with Crippen molar-refractivity contribution in [1.29, 1.82) is 0 Å². The number of rotatable bonds is 4. The van der Waals surface area contributed by atoms with Gasteiger partial charge in [-0.25, -0.2) is 0 Å². The highest BCUT2D eigenvalue weighted by molar-refractivity contribution is 5.66. The van der Waals surface area contributed by atoms with E-state index in [-0.39, 0.29) is 12.2 Å². The number of ether oxygens (including phenoxy) is 1. The third-order valence-electron chi connectivity index (χ3n) is 2.54. The first kappa shape index (κ1) is 12.6. The van der Waals surface area contributed by atoms with Crippen molar-refractivity contribution in [3.63, 3.8) is 0 Å². The van der Waals surface area contributed by atoms with Gasteiger partial charge in [0.1, 0.15) is 0 Å². The van der Waals surface area contributed by atoms with E-state index in [2.05, 4.69) is 17.9 Å². The van der Waals surface area contributed by atoms with Crippen LogP contribution in [0.15, 0.2) is 24.3 Å². The van der Waals surface area contributed by atoms with Crippen LogP contribution in [0.1, 0.15) is 26.3 Å². The maximum Gasteiger partial charge on any atom is 0.304 e. The van der Waals surface area contributed by atoms with Gasteiger partial charge in [0.05, 0.1) is 0 Å². The predicted octanol–water partition coefficient (Wildman–Crippen LogP) is 2.73. The van der Waals surface area contributed by atoms with Gasteiger partial charge in [0.2, 0.25) is 0 Å². The average molecular weight is 221 g/mol. The largest absolute Gasteiger partial charge is 0.442 e. The van der Waals surface area contributed by atoms with Crippen molar-refractivity contribution in [2.45, 2.75) is 33.9 Å². The minimum Gasteiger partial charge on any atom is -0.442 e. The second-order valence-corrected chi connectivity index (χ2v) is 3.78. The Morgan fingerprint density at radius 1 is 1.44 bits per heavy atom. The number of para-hydroxylation sites is 1. The second kappa shape index (κ2) is 5.54. The molecule has 0 heterocycles. The van der Waals surface area contributed by atoms with Gasteiger partial charge in [-0.2, -0.15) is 0 Å². The van der Waals surface area contributed by atoms with E-state index in [1.165, 1.54) is 12.5 Å². The van der Waals surface area contributed by atoms with Gasteiger partial charge in [-0.1, -0.05) is 18.2 Å². The Morgan fingerprint density at radius 3 is 2.56 bits per heavy atom. The summed E-state index contributed by atoms with van der Waals surface area (Å²) in [5.74, 6) is -0.250. The number of carbonyl (C=O) groups is 1. The molecule has 16 heavy (non-hydrogen) atoms. The van der Waals surface area contributed by atoms with Gasteiger partial charge in [-0.15, -0.1) is 0 Å². The summed E-state index contributed by atoms with van der Waals surface area (Å²) in [5, 5.41) is 0. The third-order valence-corrected chi connectivity index (χ3v) is 2.54. The van der Waals surface area contributed by atoms with Gasteiger partial charge in [-0.3, -0.25) is 4.79 Å². The van der Waals surface area contributed by atoms with Crippen LogP contribution in [0, 0.1) is 6.92 Å². The Bertz CT molecular complexity index is 363. The average Bonchev–Trinajstić information content (AvgIpc) is 2.20. The molecule has 0 amide bonds. The summed E-state index contributed by atoms with van der Waals surface area (Å²) in [6, 6.07) is 8.09. The van der Waals surface area contributed by atoms with Crippen LogP contribution in [0.4, 0.5) is 5.69 Å². The van der Waals surface area contributed by atoms with Crippen molar-refractivity contribution >= 4 is 11.7 Å². The van der Waals surface area contributed by atoms with Crippen LogP contribution < -0.4 is 4.90 Å². The third kappa shape index (κ3) is 2.99. The highest BCUT2D eigenvalue weighted by Crippen LogP contribution is 2.21. The topological polar surface area (TPSA) is 29.5 Å².